The lowest BCUT2D eigenvalue weighted by Gasteiger charge is -2.34. The number of likely N-dealkylation sites (N-methyl/N-ethyl adjacent to an activating group) is 1. The molecular formula is C24H22N2O6. The maximum Gasteiger partial charge on any atom is 0.338 e. The molecule has 32 heavy (non-hydrogen) atoms. The lowest BCUT2D eigenvalue weighted by molar-refractivity contribution is -0.136. The highest BCUT2D eigenvalue weighted by Gasteiger charge is 2.36. The van der Waals surface area contributed by atoms with Crippen LogP contribution in [0, 0.1) is 6.92 Å². The fourth-order valence-electron chi connectivity index (χ4n) is 3.72. The molecule has 2 heterocycles. The molecule has 3 aromatic rings. The fraction of sp³-hybridized carbons (Fsp3) is 0.208. The van der Waals surface area contributed by atoms with Gasteiger partial charge in [0, 0.05) is 24.6 Å². The minimum Gasteiger partial charge on any atom is -0.487 e. The Bertz CT molecular complexity index is 1280. The first kappa shape index (κ1) is 21.2. The number of hydrogen-bond acceptors (Lipinski definition) is 6. The molecule has 1 N–H and O–H groups in total. The summed E-state index contributed by atoms with van der Waals surface area (Å²) < 4.78 is 16.2. The predicted molar refractivity (Wildman–Crippen MR) is 117 cm³/mol. The van der Waals surface area contributed by atoms with Gasteiger partial charge in [-0.15, -0.1) is 0 Å². The molecule has 0 radical (unpaired) electrons. The van der Waals surface area contributed by atoms with Crippen molar-refractivity contribution in [1.82, 2.24) is 10.2 Å². The van der Waals surface area contributed by atoms with Crippen molar-refractivity contribution < 1.29 is 23.5 Å². The third-order valence-electron chi connectivity index (χ3n) is 5.41. The van der Waals surface area contributed by atoms with Gasteiger partial charge in [-0.05, 0) is 30.2 Å². The molecule has 1 unspecified atom stereocenters. The summed E-state index contributed by atoms with van der Waals surface area (Å²) in [4.78, 5) is 38.4. The summed E-state index contributed by atoms with van der Waals surface area (Å²) in [6.45, 7) is 1.76. The SMILES string of the molecule is COC(=O)C1=C(COc2ccc3c(C)cc(=O)oc3c2)N(C)C(=O)NC1c1ccccc1. The third kappa shape index (κ3) is 3.94. The van der Waals surface area contributed by atoms with Crippen molar-refractivity contribution in [2.45, 2.75) is 13.0 Å². The van der Waals surface area contributed by atoms with E-state index in [1.165, 1.54) is 18.1 Å². The Morgan fingerprint density at radius 1 is 1.12 bits per heavy atom. The fourth-order valence-corrected chi connectivity index (χ4v) is 3.72. The third-order valence-corrected chi connectivity index (χ3v) is 5.41. The van der Waals surface area contributed by atoms with Crippen LogP contribution in [0.15, 0.2) is 75.1 Å². The number of ether oxygens (including phenoxy) is 2. The number of benzene rings is 2. The van der Waals surface area contributed by atoms with E-state index in [-0.39, 0.29) is 18.2 Å². The van der Waals surface area contributed by atoms with E-state index in [2.05, 4.69) is 5.32 Å². The molecule has 8 heteroatoms. The molecule has 1 aliphatic heterocycles. The first-order valence-corrected chi connectivity index (χ1v) is 9.97. The summed E-state index contributed by atoms with van der Waals surface area (Å²) >= 11 is 0. The van der Waals surface area contributed by atoms with Crippen molar-refractivity contribution in [3.8, 4) is 5.75 Å². The number of fused-ring (bicyclic) bond motifs is 1. The van der Waals surface area contributed by atoms with Crippen LogP contribution in [0.4, 0.5) is 4.79 Å². The molecule has 2 amide bonds. The summed E-state index contributed by atoms with van der Waals surface area (Å²) in [7, 11) is 2.85. The normalized spacial score (nSPS) is 16.2. The Morgan fingerprint density at radius 2 is 1.88 bits per heavy atom. The quantitative estimate of drug-likeness (QED) is 0.489. The van der Waals surface area contributed by atoms with Crippen molar-refractivity contribution in [2.75, 3.05) is 20.8 Å². The number of urea groups is 1. The topological polar surface area (TPSA) is 98.1 Å². The number of amides is 2. The Labute approximate surface area is 184 Å². The summed E-state index contributed by atoms with van der Waals surface area (Å²) in [5, 5.41) is 3.63. The molecule has 1 aromatic heterocycles. The number of nitrogens with zero attached hydrogens (tertiary/aromatic N) is 1. The minimum atomic E-state index is -0.678. The molecule has 4 rings (SSSR count). The standard InChI is InChI=1S/C24H22N2O6/c1-14-11-20(27)32-19-12-16(9-10-17(14)19)31-13-18-21(23(28)30-3)22(25-24(29)26(18)2)15-7-5-4-6-8-15/h4-12,22H,13H2,1-3H3,(H,25,29). The van der Waals surface area contributed by atoms with E-state index in [0.29, 0.717) is 17.0 Å². The van der Waals surface area contributed by atoms with Crippen LogP contribution >= 0.6 is 0 Å². The zero-order valence-electron chi connectivity index (χ0n) is 17.9. The van der Waals surface area contributed by atoms with Crippen molar-refractivity contribution in [1.29, 1.82) is 0 Å². The number of carbonyl (C=O) groups excluding carboxylic acids is 2. The average Bonchev–Trinajstić information content (AvgIpc) is 2.79. The van der Waals surface area contributed by atoms with Crippen LogP contribution in [0.5, 0.6) is 5.75 Å². The van der Waals surface area contributed by atoms with Gasteiger partial charge >= 0.3 is 17.6 Å². The highest BCUT2D eigenvalue weighted by molar-refractivity contribution is 5.95. The second kappa shape index (κ2) is 8.58. The number of hydrogen-bond donors (Lipinski definition) is 1. The highest BCUT2D eigenvalue weighted by Crippen LogP contribution is 2.31. The van der Waals surface area contributed by atoms with Crippen LogP contribution in [0.1, 0.15) is 17.2 Å². The van der Waals surface area contributed by atoms with Crippen LogP contribution in [0.3, 0.4) is 0 Å². The van der Waals surface area contributed by atoms with Crippen LogP contribution in [-0.4, -0.2) is 37.7 Å². The lowest BCUT2D eigenvalue weighted by atomic mass is 9.95. The van der Waals surface area contributed by atoms with Gasteiger partial charge in [-0.3, -0.25) is 4.90 Å². The average molecular weight is 434 g/mol. The maximum absolute atomic E-state index is 12.7. The molecule has 0 saturated carbocycles. The lowest BCUT2D eigenvalue weighted by Crippen LogP contribution is -2.48. The molecule has 8 nitrogen and oxygen atoms in total. The Kier molecular flexibility index (Phi) is 5.68. The molecule has 2 aromatic carbocycles. The number of aryl methyl sites for hydroxylation is 1. The van der Waals surface area contributed by atoms with Gasteiger partial charge in [0.2, 0.25) is 0 Å². The van der Waals surface area contributed by atoms with Gasteiger partial charge < -0.3 is 19.2 Å². The van der Waals surface area contributed by atoms with Gasteiger partial charge in [0.1, 0.15) is 17.9 Å². The first-order chi connectivity index (χ1) is 15.4. The van der Waals surface area contributed by atoms with Crippen molar-refractivity contribution in [3.63, 3.8) is 0 Å². The van der Waals surface area contributed by atoms with Gasteiger partial charge in [0.15, 0.2) is 0 Å². The predicted octanol–water partition coefficient (Wildman–Crippen LogP) is 3.30. The molecule has 0 bridgehead atoms. The summed E-state index contributed by atoms with van der Waals surface area (Å²) in [5.41, 5.74) is 2.15. The van der Waals surface area contributed by atoms with Crippen LogP contribution in [-0.2, 0) is 9.53 Å². The number of esters is 1. The van der Waals surface area contributed by atoms with Crippen molar-refractivity contribution >= 4 is 23.0 Å². The van der Waals surface area contributed by atoms with Gasteiger partial charge in [-0.1, -0.05) is 30.3 Å². The van der Waals surface area contributed by atoms with E-state index in [4.69, 9.17) is 13.9 Å². The van der Waals surface area contributed by atoms with E-state index in [1.54, 1.807) is 25.2 Å². The largest absolute Gasteiger partial charge is 0.487 e. The molecule has 164 valence electrons. The first-order valence-electron chi connectivity index (χ1n) is 9.97. The Hall–Kier alpha value is -4.07. The monoisotopic (exact) mass is 434 g/mol. The van der Waals surface area contributed by atoms with Gasteiger partial charge in [0.25, 0.3) is 0 Å². The van der Waals surface area contributed by atoms with E-state index in [1.807, 2.05) is 37.3 Å². The van der Waals surface area contributed by atoms with Crippen molar-refractivity contribution in [3.05, 3.63) is 87.4 Å². The molecule has 0 fully saturated rings. The maximum atomic E-state index is 12.7. The minimum absolute atomic E-state index is 0.0702. The summed E-state index contributed by atoms with van der Waals surface area (Å²) in [5.74, 6) is -0.136. The molecule has 1 atom stereocenters. The van der Waals surface area contributed by atoms with Crippen LogP contribution < -0.4 is 15.7 Å². The van der Waals surface area contributed by atoms with E-state index in [0.717, 1.165) is 16.5 Å². The number of methoxy groups -OCH3 is 1. The van der Waals surface area contributed by atoms with E-state index < -0.39 is 17.6 Å². The smallest absolute Gasteiger partial charge is 0.338 e. The summed E-state index contributed by atoms with van der Waals surface area (Å²) in [6, 6.07) is 14.7. The van der Waals surface area contributed by atoms with E-state index >= 15 is 0 Å². The molecule has 0 aliphatic carbocycles. The van der Waals surface area contributed by atoms with Gasteiger partial charge in [-0.2, -0.15) is 0 Å². The van der Waals surface area contributed by atoms with Crippen LogP contribution in [0.2, 0.25) is 0 Å². The zero-order chi connectivity index (χ0) is 22.8. The second-order valence-corrected chi connectivity index (χ2v) is 7.40. The summed E-state index contributed by atoms with van der Waals surface area (Å²) in [6.07, 6.45) is 0. The Balaban J connectivity index is 1.72. The number of rotatable bonds is 5. The van der Waals surface area contributed by atoms with Gasteiger partial charge in [-0.25, -0.2) is 14.4 Å². The second-order valence-electron chi connectivity index (χ2n) is 7.40. The molecule has 0 spiro atoms. The Morgan fingerprint density at radius 3 is 2.59 bits per heavy atom. The van der Waals surface area contributed by atoms with Crippen molar-refractivity contribution in [2.24, 2.45) is 0 Å². The molecule has 1 aliphatic rings. The van der Waals surface area contributed by atoms with Gasteiger partial charge in [0.05, 0.1) is 24.4 Å². The highest BCUT2D eigenvalue weighted by atomic mass is 16.5. The van der Waals surface area contributed by atoms with E-state index in [9.17, 15) is 14.4 Å². The number of nitrogens with one attached hydrogen (secondary N) is 1. The molecule has 0 saturated heterocycles. The molecular weight excluding hydrogens is 412 g/mol. The van der Waals surface area contributed by atoms with Crippen LogP contribution in [0.25, 0.3) is 11.0 Å². The number of carbonyl (C=O) groups is 2. The zero-order valence-corrected chi connectivity index (χ0v) is 17.9.